The Labute approximate surface area is 151 Å². The van der Waals surface area contributed by atoms with Gasteiger partial charge in [0.05, 0.1) is 4.92 Å². The average Bonchev–Trinajstić information content (AvgIpc) is 3.02. The molecule has 1 aromatic carbocycles. The molecule has 2 aromatic rings. The van der Waals surface area contributed by atoms with Gasteiger partial charge in [-0.05, 0) is 38.4 Å². The maximum Gasteiger partial charge on any atom is 0.273 e. The summed E-state index contributed by atoms with van der Waals surface area (Å²) in [6.07, 6.45) is 2.45. The summed E-state index contributed by atoms with van der Waals surface area (Å²) < 4.78 is 1.53. The first-order valence-corrected chi connectivity index (χ1v) is 8.70. The molecule has 0 spiro atoms. The second-order valence-corrected chi connectivity index (χ2v) is 6.35. The number of nitrogens with zero attached hydrogens (tertiary/aromatic N) is 4. The highest BCUT2D eigenvalue weighted by molar-refractivity contribution is 6.03. The third-order valence-corrected chi connectivity index (χ3v) is 4.63. The molecule has 9 nitrogen and oxygen atoms in total. The first-order chi connectivity index (χ1) is 12.5. The fourth-order valence-electron chi connectivity index (χ4n) is 3.11. The van der Waals surface area contributed by atoms with Crippen LogP contribution in [0.2, 0.25) is 0 Å². The van der Waals surface area contributed by atoms with Crippen LogP contribution in [0.1, 0.15) is 47.4 Å². The van der Waals surface area contributed by atoms with Crippen molar-refractivity contribution >= 4 is 17.5 Å². The molecule has 26 heavy (non-hydrogen) atoms. The van der Waals surface area contributed by atoms with Gasteiger partial charge in [-0.15, -0.1) is 0 Å². The molecular formula is C17H22N6O3. The number of hydrogen-bond donors (Lipinski definition) is 2. The lowest BCUT2D eigenvalue weighted by molar-refractivity contribution is -0.385. The lowest BCUT2D eigenvalue weighted by Gasteiger charge is -2.19. The van der Waals surface area contributed by atoms with Crippen molar-refractivity contribution < 1.29 is 9.72 Å². The Balaban J connectivity index is 1.79. The zero-order valence-electron chi connectivity index (χ0n) is 14.9. The Morgan fingerprint density at radius 2 is 2.15 bits per heavy atom. The van der Waals surface area contributed by atoms with Crippen LogP contribution >= 0.6 is 0 Å². The number of aryl methyl sites for hydroxylation is 2. The van der Waals surface area contributed by atoms with Crippen molar-refractivity contribution in [1.29, 1.82) is 0 Å². The van der Waals surface area contributed by atoms with E-state index in [1.807, 2.05) is 6.92 Å². The Kier molecular flexibility index (Phi) is 5.27. The number of amides is 1. The first-order valence-electron chi connectivity index (χ1n) is 8.70. The van der Waals surface area contributed by atoms with Crippen molar-refractivity contribution in [3.63, 3.8) is 0 Å². The van der Waals surface area contributed by atoms with Crippen molar-refractivity contribution in [2.24, 2.45) is 7.05 Å². The average molecular weight is 358 g/mol. The summed E-state index contributed by atoms with van der Waals surface area (Å²) in [5, 5.41) is 21.6. The standard InChI is InChI=1S/C17H22N6O3/c1-3-11-4-5-13(10-14(11)23(25)26)16(24)20-17-19-15(21-22(17)2)12-6-8-18-9-7-12/h4-5,10,12,18H,3,6-9H2,1-2H3,(H,19,20,21,24). The number of carbonyl (C=O) groups is 1. The smallest absolute Gasteiger partial charge is 0.273 e. The molecule has 0 bridgehead atoms. The molecule has 0 atom stereocenters. The summed E-state index contributed by atoms with van der Waals surface area (Å²) in [6, 6.07) is 4.51. The van der Waals surface area contributed by atoms with Gasteiger partial charge >= 0.3 is 0 Å². The maximum absolute atomic E-state index is 12.5. The molecule has 0 aliphatic carbocycles. The number of nitro benzene ring substituents is 1. The molecule has 3 rings (SSSR count). The van der Waals surface area contributed by atoms with Gasteiger partial charge in [0.1, 0.15) is 0 Å². The number of carbonyl (C=O) groups excluding carboxylic acids is 1. The quantitative estimate of drug-likeness (QED) is 0.624. The van der Waals surface area contributed by atoms with Crippen LogP contribution in [0.5, 0.6) is 0 Å². The summed E-state index contributed by atoms with van der Waals surface area (Å²) in [6.45, 7) is 3.69. The van der Waals surface area contributed by atoms with Gasteiger partial charge in [0, 0.05) is 30.2 Å². The molecule has 2 heterocycles. The maximum atomic E-state index is 12.5. The van der Waals surface area contributed by atoms with Gasteiger partial charge in [-0.3, -0.25) is 20.2 Å². The number of hydrogen-bond acceptors (Lipinski definition) is 6. The van der Waals surface area contributed by atoms with E-state index in [4.69, 9.17) is 0 Å². The molecular weight excluding hydrogens is 336 g/mol. The molecule has 1 aromatic heterocycles. The van der Waals surface area contributed by atoms with Gasteiger partial charge in [0.15, 0.2) is 5.82 Å². The van der Waals surface area contributed by atoms with Crippen molar-refractivity contribution in [2.45, 2.75) is 32.1 Å². The number of piperidine rings is 1. The van der Waals surface area contributed by atoms with Gasteiger partial charge in [0.2, 0.25) is 5.95 Å². The number of aromatic nitrogens is 3. The van der Waals surface area contributed by atoms with E-state index in [0.29, 0.717) is 17.9 Å². The van der Waals surface area contributed by atoms with E-state index in [9.17, 15) is 14.9 Å². The van der Waals surface area contributed by atoms with Crippen LogP contribution in [0.15, 0.2) is 18.2 Å². The van der Waals surface area contributed by atoms with E-state index < -0.39 is 10.8 Å². The second kappa shape index (κ2) is 7.61. The number of nitro groups is 1. The summed E-state index contributed by atoms with van der Waals surface area (Å²) >= 11 is 0. The summed E-state index contributed by atoms with van der Waals surface area (Å²) in [5.41, 5.74) is 0.771. The Bertz CT molecular complexity index is 826. The van der Waals surface area contributed by atoms with E-state index in [0.717, 1.165) is 31.8 Å². The summed E-state index contributed by atoms with van der Waals surface area (Å²) in [4.78, 5) is 27.7. The molecule has 1 amide bonds. The predicted octanol–water partition coefficient (Wildman–Crippen LogP) is 2.00. The van der Waals surface area contributed by atoms with Gasteiger partial charge in [-0.25, -0.2) is 4.68 Å². The van der Waals surface area contributed by atoms with E-state index >= 15 is 0 Å². The summed E-state index contributed by atoms with van der Waals surface area (Å²) in [7, 11) is 1.72. The fourth-order valence-corrected chi connectivity index (χ4v) is 3.11. The molecule has 0 saturated carbocycles. The molecule has 138 valence electrons. The van der Waals surface area contributed by atoms with Gasteiger partial charge in [-0.1, -0.05) is 13.0 Å². The normalized spacial score (nSPS) is 15.0. The van der Waals surface area contributed by atoms with E-state index in [2.05, 4.69) is 20.7 Å². The topological polar surface area (TPSA) is 115 Å². The number of rotatable bonds is 5. The minimum absolute atomic E-state index is 0.0477. The Hall–Kier alpha value is -2.81. The van der Waals surface area contributed by atoms with Crippen LogP contribution in [-0.2, 0) is 13.5 Å². The number of anilines is 1. The van der Waals surface area contributed by atoms with Crippen LogP contribution < -0.4 is 10.6 Å². The summed E-state index contributed by atoms with van der Waals surface area (Å²) in [5.74, 6) is 0.892. The highest BCUT2D eigenvalue weighted by atomic mass is 16.6. The Morgan fingerprint density at radius 1 is 1.42 bits per heavy atom. The highest BCUT2D eigenvalue weighted by Gasteiger charge is 2.22. The molecule has 2 N–H and O–H groups in total. The molecule has 1 fully saturated rings. The zero-order chi connectivity index (χ0) is 18.7. The fraction of sp³-hybridized carbons (Fsp3) is 0.471. The largest absolute Gasteiger partial charge is 0.317 e. The van der Waals surface area contributed by atoms with Gasteiger partial charge in [0.25, 0.3) is 11.6 Å². The minimum Gasteiger partial charge on any atom is -0.317 e. The van der Waals surface area contributed by atoms with Crippen molar-refractivity contribution in [2.75, 3.05) is 18.4 Å². The monoisotopic (exact) mass is 358 g/mol. The predicted molar refractivity (Wildman–Crippen MR) is 96.3 cm³/mol. The van der Waals surface area contributed by atoms with Crippen LogP contribution in [-0.4, -0.2) is 38.7 Å². The molecule has 1 saturated heterocycles. The number of nitrogens with one attached hydrogen (secondary N) is 2. The lowest BCUT2D eigenvalue weighted by Crippen LogP contribution is -2.27. The van der Waals surface area contributed by atoms with Gasteiger partial charge < -0.3 is 5.32 Å². The number of benzene rings is 1. The van der Waals surface area contributed by atoms with E-state index in [1.54, 1.807) is 19.2 Å². The van der Waals surface area contributed by atoms with Crippen LogP contribution in [0.4, 0.5) is 11.6 Å². The molecule has 1 aliphatic heterocycles. The van der Waals surface area contributed by atoms with E-state index in [-0.39, 0.29) is 17.2 Å². The van der Waals surface area contributed by atoms with Crippen LogP contribution in [0, 0.1) is 10.1 Å². The second-order valence-electron chi connectivity index (χ2n) is 6.35. The SMILES string of the molecule is CCc1ccc(C(=O)Nc2nc(C3CCNCC3)nn2C)cc1[N+](=O)[O-]. The van der Waals surface area contributed by atoms with Crippen molar-refractivity contribution in [3.8, 4) is 0 Å². The molecule has 0 radical (unpaired) electrons. The molecule has 0 unspecified atom stereocenters. The molecule has 1 aliphatic rings. The van der Waals surface area contributed by atoms with Crippen LogP contribution in [0.25, 0.3) is 0 Å². The third kappa shape index (κ3) is 3.72. The van der Waals surface area contributed by atoms with Crippen molar-refractivity contribution in [3.05, 3.63) is 45.3 Å². The first kappa shape index (κ1) is 18.0. The van der Waals surface area contributed by atoms with Crippen LogP contribution in [0.3, 0.4) is 0 Å². The van der Waals surface area contributed by atoms with Gasteiger partial charge in [-0.2, -0.15) is 10.1 Å². The lowest BCUT2D eigenvalue weighted by atomic mass is 9.98. The minimum atomic E-state index is -0.465. The van der Waals surface area contributed by atoms with Crippen molar-refractivity contribution in [1.82, 2.24) is 20.1 Å². The van der Waals surface area contributed by atoms with E-state index in [1.165, 1.54) is 10.7 Å². The highest BCUT2D eigenvalue weighted by Crippen LogP contribution is 2.24. The zero-order valence-corrected chi connectivity index (χ0v) is 14.9. The Morgan fingerprint density at radius 3 is 2.81 bits per heavy atom. The third-order valence-electron chi connectivity index (χ3n) is 4.63. The molecule has 9 heteroatoms.